The van der Waals surface area contributed by atoms with Gasteiger partial charge in [0.1, 0.15) is 0 Å². The number of halogens is 1. The van der Waals surface area contributed by atoms with E-state index in [-0.39, 0.29) is 18.3 Å². The summed E-state index contributed by atoms with van der Waals surface area (Å²) in [7, 11) is 0. The van der Waals surface area contributed by atoms with Gasteiger partial charge in [-0.1, -0.05) is 13.3 Å². The molecule has 0 radical (unpaired) electrons. The van der Waals surface area contributed by atoms with Crippen LogP contribution in [0, 0.1) is 11.8 Å². The predicted molar refractivity (Wildman–Crippen MR) is 69.7 cm³/mol. The van der Waals surface area contributed by atoms with E-state index in [9.17, 15) is 4.79 Å². The van der Waals surface area contributed by atoms with Crippen LogP contribution in [0.1, 0.15) is 39.5 Å². The van der Waals surface area contributed by atoms with Crippen molar-refractivity contribution >= 4 is 18.3 Å². The van der Waals surface area contributed by atoms with Crippen LogP contribution in [0.2, 0.25) is 0 Å². The Labute approximate surface area is 105 Å². The van der Waals surface area contributed by atoms with Crippen molar-refractivity contribution in [2.75, 3.05) is 19.6 Å². The molecule has 0 saturated heterocycles. The van der Waals surface area contributed by atoms with Gasteiger partial charge in [0, 0.05) is 19.0 Å². The molecule has 0 spiro atoms. The fourth-order valence-corrected chi connectivity index (χ4v) is 2.57. The van der Waals surface area contributed by atoms with Gasteiger partial charge in [-0.2, -0.15) is 0 Å². The van der Waals surface area contributed by atoms with E-state index in [4.69, 9.17) is 5.73 Å². The third kappa shape index (κ3) is 3.63. The fraction of sp³-hybridized carbons (Fsp3) is 0.917. The molecule has 0 bridgehead atoms. The normalized spacial score (nSPS) is 23.9. The Hall–Kier alpha value is -0.280. The van der Waals surface area contributed by atoms with Crippen LogP contribution in [0.4, 0.5) is 0 Å². The molecule has 0 aromatic rings. The first kappa shape index (κ1) is 15.7. The predicted octanol–water partition coefficient (Wildman–Crippen LogP) is 2.04. The van der Waals surface area contributed by atoms with Crippen LogP contribution in [0.15, 0.2) is 0 Å². The van der Waals surface area contributed by atoms with E-state index >= 15 is 0 Å². The number of rotatable bonds is 5. The summed E-state index contributed by atoms with van der Waals surface area (Å²) in [5.74, 6) is 0.984. The monoisotopic (exact) mass is 248 g/mol. The lowest BCUT2D eigenvalue weighted by Crippen LogP contribution is -2.39. The van der Waals surface area contributed by atoms with Gasteiger partial charge >= 0.3 is 0 Å². The molecule has 4 heteroatoms. The van der Waals surface area contributed by atoms with Gasteiger partial charge in [-0.25, -0.2) is 0 Å². The second-order valence-electron chi connectivity index (χ2n) is 4.45. The molecular formula is C12H25ClN2O. The molecule has 1 saturated carbocycles. The number of carbonyl (C=O) groups is 1. The maximum atomic E-state index is 12.2. The largest absolute Gasteiger partial charge is 0.343 e. The number of hydrogen-bond acceptors (Lipinski definition) is 2. The zero-order valence-electron chi connectivity index (χ0n) is 10.4. The Bertz CT molecular complexity index is 211. The number of hydrogen-bond donors (Lipinski definition) is 1. The molecule has 0 aliphatic heterocycles. The molecule has 2 N–H and O–H groups in total. The smallest absolute Gasteiger partial charge is 0.225 e. The van der Waals surface area contributed by atoms with E-state index in [0.29, 0.717) is 18.4 Å². The van der Waals surface area contributed by atoms with Crippen LogP contribution in [0.5, 0.6) is 0 Å². The number of amides is 1. The molecule has 0 heterocycles. The Morgan fingerprint density at radius 3 is 2.56 bits per heavy atom. The molecular weight excluding hydrogens is 224 g/mol. The molecule has 1 fully saturated rings. The second kappa shape index (κ2) is 7.91. The molecule has 0 aromatic carbocycles. The van der Waals surface area contributed by atoms with Crippen molar-refractivity contribution in [1.29, 1.82) is 0 Å². The van der Waals surface area contributed by atoms with E-state index in [2.05, 4.69) is 13.8 Å². The summed E-state index contributed by atoms with van der Waals surface area (Å²) >= 11 is 0. The highest BCUT2D eigenvalue weighted by atomic mass is 35.5. The Morgan fingerprint density at radius 1 is 1.38 bits per heavy atom. The molecule has 1 amide bonds. The molecule has 2 atom stereocenters. The maximum absolute atomic E-state index is 12.2. The lowest BCUT2D eigenvalue weighted by atomic mass is 9.94. The zero-order valence-corrected chi connectivity index (χ0v) is 11.3. The highest BCUT2D eigenvalue weighted by Gasteiger charge is 2.33. The minimum atomic E-state index is 0. The first-order chi connectivity index (χ1) is 7.24. The maximum Gasteiger partial charge on any atom is 0.225 e. The van der Waals surface area contributed by atoms with E-state index in [0.717, 1.165) is 32.4 Å². The summed E-state index contributed by atoms with van der Waals surface area (Å²) < 4.78 is 0. The van der Waals surface area contributed by atoms with Crippen molar-refractivity contribution in [3.8, 4) is 0 Å². The zero-order chi connectivity index (χ0) is 11.3. The lowest BCUT2D eigenvalue weighted by Gasteiger charge is -2.26. The van der Waals surface area contributed by atoms with E-state index in [1.165, 1.54) is 6.42 Å². The number of carbonyl (C=O) groups excluding carboxylic acids is 1. The van der Waals surface area contributed by atoms with Crippen LogP contribution in [0.3, 0.4) is 0 Å². The topological polar surface area (TPSA) is 46.3 Å². The molecule has 16 heavy (non-hydrogen) atoms. The third-order valence-corrected chi connectivity index (χ3v) is 3.47. The average Bonchev–Trinajstić information content (AvgIpc) is 2.72. The summed E-state index contributed by atoms with van der Waals surface area (Å²) in [5.41, 5.74) is 5.71. The highest BCUT2D eigenvalue weighted by molar-refractivity contribution is 5.85. The minimum absolute atomic E-state index is 0. The second-order valence-corrected chi connectivity index (χ2v) is 4.45. The van der Waals surface area contributed by atoms with Crippen LogP contribution in [0.25, 0.3) is 0 Å². The third-order valence-electron chi connectivity index (χ3n) is 3.47. The summed E-state index contributed by atoms with van der Waals surface area (Å²) in [4.78, 5) is 14.2. The van der Waals surface area contributed by atoms with Gasteiger partial charge in [0.25, 0.3) is 0 Å². The van der Waals surface area contributed by atoms with Crippen molar-refractivity contribution in [3.63, 3.8) is 0 Å². The van der Waals surface area contributed by atoms with Gasteiger partial charge in [0.05, 0.1) is 0 Å². The van der Waals surface area contributed by atoms with Crippen molar-refractivity contribution in [1.82, 2.24) is 4.90 Å². The summed E-state index contributed by atoms with van der Waals surface area (Å²) in [5, 5.41) is 0. The summed E-state index contributed by atoms with van der Waals surface area (Å²) in [6.45, 7) is 6.56. The van der Waals surface area contributed by atoms with Gasteiger partial charge in [-0.15, -0.1) is 12.4 Å². The van der Waals surface area contributed by atoms with E-state index in [1.54, 1.807) is 0 Å². The molecule has 3 nitrogen and oxygen atoms in total. The highest BCUT2D eigenvalue weighted by Crippen LogP contribution is 2.32. The van der Waals surface area contributed by atoms with Gasteiger partial charge in [0.2, 0.25) is 5.91 Å². The van der Waals surface area contributed by atoms with Gasteiger partial charge in [0.15, 0.2) is 0 Å². The first-order valence-electron chi connectivity index (χ1n) is 6.23. The first-order valence-corrected chi connectivity index (χ1v) is 6.23. The molecule has 0 unspecified atom stereocenters. The summed E-state index contributed by atoms with van der Waals surface area (Å²) in [6, 6.07) is 0. The summed E-state index contributed by atoms with van der Waals surface area (Å²) in [6.07, 6.45) is 4.39. The van der Waals surface area contributed by atoms with Crippen LogP contribution in [-0.2, 0) is 4.79 Å². The molecule has 1 aliphatic carbocycles. The van der Waals surface area contributed by atoms with Crippen molar-refractivity contribution < 1.29 is 4.79 Å². The number of nitrogens with zero attached hydrogens (tertiary/aromatic N) is 1. The van der Waals surface area contributed by atoms with Gasteiger partial charge < -0.3 is 10.6 Å². The quantitative estimate of drug-likeness (QED) is 0.810. The van der Waals surface area contributed by atoms with Crippen LogP contribution in [-0.4, -0.2) is 30.4 Å². The lowest BCUT2D eigenvalue weighted by molar-refractivity contribution is -0.136. The SMILES string of the molecule is CCCN(CC)C(=O)[C@@H]1CCC[C@@H]1CN.Cl. The fourth-order valence-electron chi connectivity index (χ4n) is 2.57. The average molecular weight is 249 g/mol. The van der Waals surface area contributed by atoms with Gasteiger partial charge in [-0.05, 0) is 38.6 Å². The standard InChI is InChI=1S/C12H24N2O.ClH/c1-3-8-14(4-2)12(15)11-7-5-6-10(11)9-13;/h10-11H,3-9,13H2,1-2H3;1H/t10-,11-;/m1./s1. The van der Waals surface area contributed by atoms with Crippen molar-refractivity contribution in [3.05, 3.63) is 0 Å². The Balaban J connectivity index is 0.00000225. The van der Waals surface area contributed by atoms with E-state index in [1.807, 2.05) is 4.90 Å². The van der Waals surface area contributed by atoms with Crippen molar-refractivity contribution in [2.45, 2.75) is 39.5 Å². The van der Waals surface area contributed by atoms with E-state index < -0.39 is 0 Å². The Morgan fingerprint density at radius 2 is 2.06 bits per heavy atom. The minimum Gasteiger partial charge on any atom is -0.343 e. The Kier molecular flexibility index (Phi) is 7.77. The number of nitrogens with two attached hydrogens (primary N) is 1. The van der Waals surface area contributed by atoms with Gasteiger partial charge in [-0.3, -0.25) is 4.79 Å². The molecule has 1 aliphatic rings. The van der Waals surface area contributed by atoms with Crippen molar-refractivity contribution in [2.24, 2.45) is 17.6 Å². The molecule has 96 valence electrons. The molecule has 1 rings (SSSR count). The molecule has 0 aromatic heterocycles. The van der Waals surface area contributed by atoms with Crippen LogP contribution < -0.4 is 5.73 Å². The van der Waals surface area contributed by atoms with Crippen LogP contribution >= 0.6 is 12.4 Å².